The summed E-state index contributed by atoms with van der Waals surface area (Å²) in [5, 5.41) is 15.5. The number of hydrazone groups is 1. The molecule has 0 aromatic heterocycles. The molecule has 0 unspecified atom stereocenters. The molecular weight excluding hydrogens is 350 g/mol. The van der Waals surface area contributed by atoms with Crippen molar-refractivity contribution in [2.45, 2.75) is 4.90 Å². The molecule has 0 saturated heterocycles. The second-order valence-electron chi connectivity index (χ2n) is 5.03. The molecular formula is C16H14ClN3O3S. The van der Waals surface area contributed by atoms with E-state index in [4.69, 9.17) is 11.6 Å². The van der Waals surface area contributed by atoms with Gasteiger partial charge in [-0.2, -0.15) is 13.5 Å². The Balaban J connectivity index is 1.96. The van der Waals surface area contributed by atoms with Crippen molar-refractivity contribution in [3.63, 3.8) is 0 Å². The van der Waals surface area contributed by atoms with E-state index in [9.17, 15) is 13.5 Å². The van der Waals surface area contributed by atoms with Crippen molar-refractivity contribution in [1.82, 2.24) is 5.01 Å². The van der Waals surface area contributed by atoms with Crippen LogP contribution >= 0.6 is 11.6 Å². The minimum atomic E-state index is -3.73. The number of fused-ring (bicyclic) bond motifs is 1. The predicted octanol–water partition coefficient (Wildman–Crippen LogP) is 2.12. The highest BCUT2D eigenvalue weighted by Crippen LogP contribution is 2.27. The van der Waals surface area contributed by atoms with Gasteiger partial charge in [-0.15, -0.1) is 4.40 Å². The molecule has 0 radical (unpaired) electrons. The van der Waals surface area contributed by atoms with Crippen LogP contribution < -0.4 is 0 Å². The molecule has 2 aromatic carbocycles. The van der Waals surface area contributed by atoms with E-state index in [1.807, 2.05) is 0 Å². The lowest BCUT2D eigenvalue weighted by atomic mass is 10.2. The van der Waals surface area contributed by atoms with E-state index in [2.05, 4.69) is 9.50 Å². The largest absolute Gasteiger partial charge is 0.394 e. The molecule has 0 fully saturated rings. The highest BCUT2D eigenvalue weighted by Gasteiger charge is 2.31. The average Bonchev–Trinajstić information content (AvgIpc) is 2.85. The summed E-state index contributed by atoms with van der Waals surface area (Å²) in [7, 11) is -3.73. The monoisotopic (exact) mass is 363 g/mol. The first kappa shape index (κ1) is 16.6. The highest BCUT2D eigenvalue weighted by atomic mass is 35.5. The van der Waals surface area contributed by atoms with E-state index in [1.165, 1.54) is 11.1 Å². The van der Waals surface area contributed by atoms with Crippen molar-refractivity contribution in [2.75, 3.05) is 13.2 Å². The second-order valence-corrected chi connectivity index (χ2v) is 7.04. The van der Waals surface area contributed by atoms with Gasteiger partial charge in [0, 0.05) is 10.6 Å². The van der Waals surface area contributed by atoms with Crippen LogP contribution in [-0.4, -0.2) is 43.7 Å². The van der Waals surface area contributed by atoms with Crippen LogP contribution in [0, 0.1) is 0 Å². The van der Waals surface area contributed by atoms with Crippen molar-refractivity contribution < 1.29 is 13.5 Å². The number of rotatable bonds is 4. The molecule has 124 valence electrons. The number of sulfonamides is 1. The van der Waals surface area contributed by atoms with Gasteiger partial charge in [0.15, 0.2) is 5.84 Å². The average molecular weight is 364 g/mol. The molecule has 0 amide bonds. The molecule has 0 aliphatic carbocycles. The zero-order chi connectivity index (χ0) is 17.2. The van der Waals surface area contributed by atoms with E-state index in [0.717, 1.165) is 5.56 Å². The Kier molecular flexibility index (Phi) is 4.66. The van der Waals surface area contributed by atoms with Gasteiger partial charge in [-0.3, -0.25) is 0 Å². The van der Waals surface area contributed by atoms with Crippen LogP contribution in [0.3, 0.4) is 0 Å². The number of aliphatic hydroxyl groups is 1. The molecule has 1 aliphatic rings. The molecule has 2 aromatic rings. The zero-order valence-corrected chi connectivity index (χ0v) is 14.1. The number of hydrogen-bond donors (Lipinski definition) is 1. The smallest absolute Gasteiger partial charge is 0.285 e. The summed E-state index contributed by atoms with van der Waals surface area (Å²) in [6.45, 7) is -0.0774. The van der Waals surface area contributed by atoms with Crippen molar-refractivity contribution in [3.8, 4) is 0 Å². The minimum Gasteiger partial charge on any atom is -0.394 e. The Labute approximate surface area is 144 Å². The number of nitrogens with zero attached hydrogens (tertiary/aromatic N) is 3. The van der Waals surface area contributed by atoms with Crippen LogP contribution in [0.1, 0.15) is 11.1 Å². The Hall–Kier alpha value is -2.22. The fourth-order valence-electron chi connectivity index (χ4n) is 2.27. The lowest BCUT2D eigenvalue weighted by molar-refractivity contribution is 0.254. The standard InChI is InChI=1S/C16H14ClN3O3S/c17-13-7-5-12(6-8-13)11-18-20(9-10-21)16-14-3-1-2-4-15(14)24(22,23)19-16/h1-8,11,21H,9-10H2. The molecule has 0 saturated carbocycles. The maximum atomic E-state index is 12.1. The predicted molar refractivity (Wildman–Crippen MR) is 93.0 cm³/mol. The van der Waals surface area contributed by atoms with Gasteiger partial charge in [0.05, 0.1) is 19.4 Å². The summed E-state index contributed by atoms with van der Waals surface area (Å²) < 4.78 is 28.1. The van der Waals surface area contributed by atoms with Crippen molar-refractivity contribution in [3.05, 3.63) is 64.7 Å². The number of aliphatic hydroxyl groups excluding tert-OH is 1. The van der Waals surface area contributed by atoms with E-state index in [1.54, 1.807) is 48.7 Å². The van der Waals surface area contributed by atoms with E-state index in [-0.39, 0.29) is 23.9 Å². The van der Waals surface area contributed by atoms with Crippen LogP contribution in [-0.2, 0) is 10.0 Å². The first-order valence-electron chi connectivity index (χ1n) is 7.13. The number of benzene rings is 2. The normalized spacial score (nSPS) is 15.3. The molecule has 0 spiro atoms. The van der Waals surface area contributed by atoms with Crippen molar-refractivity contribution >= 4 is 33.7 Å². The van der Waals surface area contributed by atoms with E-state index >= 15 is 0 Å². The van der Waals surface area contributed by atoms with Crippen LogP contribution in [0.15, 0.2) is 62.9 Å². The minimum absolute atomic E-state index is 0.118. The molecule has 24 heavy (non-hydrogen) atoms. The van der Waals surface area contributed by atoms with Gasteiger partial charge >= 0.3 is 0 Å². The molecule has 1 aliphatic heterocycles. The fraction of sp³-hybridized carbons (Fsp3) is 0.125. The second kappa shape index (κ2) is 6.72. The Morgan fingerprint density at radius 1 is 1.17 bits per heavy atom. The van der Waals surface area contributed by atoms with Crippen molar-refractivity contribution in [2.24, 2.45) is 9.50 Å². The summed E-state index contributed by atoms with van der Waals surface area (Å²) in [4.78, 5) is 0.143. The van der Waals surface area contributed by atoms with E-state index in [0.29, 0.717) is 10.6 Å². The molecule has 3 rings (SSSR count). The summed E-state index contributed by atoms with van der Waals surface area (Å²) in [6, 6.07) is 13.6. The van der Waals surface area contributed by atoms with Gasteiger partial charge < -0.3 is 5.11 Å². The molecule has 1 N–H and O–H groups in total. The molecule has 1 heterocycles. The van der Waals surface area contributed by atoms with Gasteiger partial charge in [-0.25, -0.2) is 5.01 Å². The SMILES string of the molecule is O=S1(=O)N=C(N(CCO)N=Cc2ccc(Cl)cc2)c2ccccc21. The Bertz CT molecular complexity index is 908. The number of halogens is 1. The third-order valence-electron chi connectivity index (χ3n) is 3.39. The fourth-order valence-corrected chi connectivity index (χ4v) is 3.61. The highest BCUT2D eigenvalue weighted by molar-refractivity contribution is 7.90. The lowest BCUT2D eigenvalue weighted by Gasteiger charge is -2.17. The zero-order valence-electron chi connectivity index (χ0n) is 12.5. The maximum Gasteiger partial charge on any atom is 0.285 e. The summed E-state index contributed by atoms with van der Waals surface area (Å²) in [5.74, 6) is 0.199. The van der Waals surface area contributed by atoms with E-state index < -0.39 is 10.0 Å². The van der Waals surface area contributed by atoms with Crippen molar-refractivity contribution in [1.29, 1.82) is 0 Å². The van der Waals surface area contributed by atoms with Gasteiger partial charge in [0.1, 0.15) is 4.90 Å². The Morgan fingerprint density at radius 2 is 1.88 bits per heavy atom. The molecule has 6 nitrogen and oxygen atoms in total. The number of hydrogen-bond acceptors (Lipinski definition) is 5. The Morgan fingerprint density at radius 3 is 2.58 bits per heavy atom. The van der Waals surface area contributed by atoms with Crippen LogP contribution in [0.25, 0.3) is 0 Å². The van der Waals surface area contributed by atoms with Crippen LogP contribution in [0.2, 0.25) is 5.02 Å². The first-order chi connectivity index (χ1) is 11.5. The number of amidine groups is 1. The van der Waals surface area contributed by atoms with Crippen LogP contribution in [0.4, 0.5) is 0 Å². The third-order valence-corrected chi connectivity index (χ3v) is 4.96. The maximum absolute atomic E-state index is 12.1. The van der Waals surface area contributed by atoms with Crippen LogP contribution in [0.5, 0.6) is 0 Å². The third kappa shape index (κ3) is 3.33. The topological polar surface area (TPSA) is 82.3 Å². The van der Waals surface area contributed by atoms with Gasteiger partial charge in [-0.1, -0.05) is 35.9 Å². The molecule has 0 atom stereocenters. The lowest BCUT2D eigenvalue weighted by Crippen LogP contribution is -2.28. The summed E-state index contributed by atoms with van der Waals surface area (Å²) in [5.41, 5.74) is 1.26. The first-order valence-corrected chi connectivity index (χ1v) is 8.95. The molecule has 8 heteroatoms. The molecule has 0 bridgehead atoms. The van der Waals surface area contributed by atoms with Gasteiger partial charge in [0.25, 0.3) is 10.0 Å². The van der Waals surface area contributed by atoms with Gasteiger partial charge in [0.2, 0.25) is 0 Å². The van der Waals surface area contributed by atoms with Gasteiger partial charge in [-0.05, 0) is 29.8 Å². The summed E-state index contributed by atoms with van der Waals surface area (Å²) >= 11 is 5.84. The summed E-state index contributed by atoms with van der Waals surface area (Å²) in [6.07, 6.45) is 1.56. The quantitative estimate of drug-likeness (QED) is 0.666.